The first-order chi connectivity index (χ1) is 10.0. The molecule has 112 valence electrons. The van der Waals surface area contributed by atoms with Crippen LogP contribution in [0.3, 0.4) is 0 Å². The van der Waals surface area contributed by atoms with E-state index in [1.54, 1.807) is 30.3 Å². The number of nitrogens with zero attached hydrogens (tertiary/aromatic N) is 2. The van der Waals surface area contributed by atoms with E-state index in [2.05, 4.69) is 20.2 Å². The molecule has 0 bridgehead atoms. The van der Waals surface area contributed by atoms with Crippen molar-refractivity contribution >= 4 is 38.1 Å². The smallest absolute Gasteiger partial charge is 0.291 e. The molecule has 2 N–H and O–H groups in total. The number of carbonyl (C=O) groups is 1. The number of sulfonamides is 1. The van der Waals surface area contributed by atoms with Crippen molar-refractivity contribution in [2.24, 2.45) is 0 Å². The Morgan fingerprint density at radius 1 is 1.24 bits per heavy atom. The summed E-state index contributed by atoms with van der Waals surface area (Å²) in [5.41, 5.74) is 0.435. The summed E-state index contributed by atoms with van der Waals surface area (Å²) in [6, 6.07) is 8.47. The number of nitrogens with one attached hydrogen (secondary N) is 2. The van der Waals surface area contributed by atoms with E-state index in [1.165, 1.54) is 0 Å². The Morgan fingerprint density at radius 3 is 2.62 bits per heavy atom. The van der Waals surface area contributed by atoms with Crippen LogP contribution in [0.15, 0.2) is 34.7 Å². The van der Waals surface area contributed by atoms with Gasteiger partial charge < -0.3 is 5.32 Å². The molecule has 0 spiro atoms. The number of carbonyl (C=O) groups excluding carboxylic acids is 1. The maximum Gasteiger partial charge on any atom is 0.291 e. The molecule has 0 atom stereocenters. The van der Waals surface area contributed by atoms with E-state index >= 15 is 0 Å². The highest BCUT2D eigenvalue weighted by Crippen LogP contribution is 2.22. The summed E-state index contributed by atoms with van der Waals surface area (Å²) in [5.74, 6) is -0.214. The Morgan fingerprint density at radius 2 is 1.95 bits per heavy atom. The van der Waals surface area contributed by atoms with Crippen molar-refractivity contribution in [1.82, 2.24) is 10.2 Å². The van der Waals surface area contributed by atoms with Gasteiger partial charge in [-0.3, -0.25) is 9.52 Å². The molecule has 0 aliphatic carbocycles. The summed E-state index contributed by atoms with van der Waals surface area (Å²) >= 11 is 0.809. The van der Waals surface area contributed by atoms with Gasteiger partial charge in [0.05, 0.1) is 0 Å². The van der Waals surface area contributed by atoms with Crippen LogP contribution in [0.1, 0.15) is 19.8 Å². The largest absolute Gasteiger partial charge is 0.301 e. The molecule has 0 aliphatic heterocycles. The van der Waals surface area contributed by atoms with Gasteiger partial charge >= 0.3 is 0 Å². The minimum absolute atomic E-state index is 0.168. The Hall–Kier alpha value is -2.00. The average Bonchev–Trinajstić information content (AvgIpc) is 2.89. The number of hydrogen-bond donors (Lipinski definition) is 2. The molecule has 0 unspecified atom stereocenters. The van der Waals surface area contributed by atoms with Gasteiger partial charge in [-0.05, 0) is 18.6 Å². The zero-order chi connectivity index (χ0) is 15.3. The second-order valence-electron chi connectivity index (χ2n) is 4.14. The van der Waals surface area contributed by atoms with Crippen LogP contribution in [0.25, 0.3) is 0 Å². The van der Waals surface area contributed by atoms with Crippen LogP contribution < -0.4 is 10.0 Å². The Balaban J connectivity index is 2.11. The molecule has 1 aromatic heterocycles. The first-order valence-electron chi connectivity index (χ1n) is 6.22. The van der Waals surface area contributed by atoms with Gasteiger partial charge in [0, 0.05) is 12.1 Å². The zero-order valence-corrected chi connectivity index (χ0v) is 12.9. The van der Waals surface area contributed by atoms with Crippen molar-refractivity contribution in [2.45, 2.75) is 24.1 Å². The van der Waals surface area contributed by atoms with Gasteiger partial charge in [0.25, 0.3) is 14.4 Å². The van der Waals surface area contributed by atoms with E-state index in [1.807, 2.05) is 6.92 Å². The molecule has 21 heavy (non-hydrogen) atoms. The van der Waals surface area contributed by atoms with Gasteiger partial charge in [0.1, 0.15) is 0 Å². The molecule has 1 heterocycles. The lowest BCUT2D eigenvalue weighted by molar-refractivity contribution is -0.116. The molecule has 0 fully saturated rings. The Bertz CT molecular complexity index is 713. The van der Waals surface area contributed by atoms with Gasteiger partial charge in [-0.15, -0.1) is 10.2 Å². The van der Waals surface area contributed by atoms with E-state index in [0.29, 0.717) is 18.5 Å². The maximum atomic E-state index is 12.1. The molecular formula is C12H14N4O3S2. The van der Waals surface area contributed by atoms with Crippen molar-refractivity contribution in [1.29, 1.82) is 0 Å². The highest BCUT2D eigenvalue weighted by molar-refractivity contribution is 7.94. The van der Waals surface area contributed by atoms with Crippen molar-refractivity contribution in [2.75, 3.05) is 10.0 Å². The lowest BCUT2D eigenvalue weighted by atomic mass is 10.3. The van der Waals surface area contributed by atoms with Crippen LogP contribution in [-0.2, 0) is 14.8 Å². The lowest BCUT2D eigenvalue weighted by Gasteiger charge is -2.03. The number of amides is 1. The van der Waals surface area contributed by atoms with Gasteiger partial charge in [-0.1, -0.05) is 36.5 Å². The monoisotopic (exact) mass is 326 g/mol. The van der Waals surface area contributed by atoms with Crippen molar-refractivity contribution in [3.8, 4) is 0 Å². The Labute approximate surface area is 126 Å². The Kier molecular flexibility index (Phi) is 4.86. The number of rotatable bonds is 6. The molecule has 0 saturated heterocycles. The molecular weight excluding hydrogens is 312 g/mol. The fourth-order valence-corrected chi connectivity index (χ4v) is 3.46. The molecule has 1 amide bonds. The van der Waals surface area contributed by atoms with E-state index < -0.39 is 10.0 Å². The summed E-state index contributed by atoms with van der Waals surface area (Å²) in [5, 5.41) is 9.95. The third-order valence-corrected chi connectivity index (χ3v) is 4.97. The summed E-state index contributed by atoms with van der Waals surface area (Å²) in [7, 11) is -3.80. The average molecular weight is 326 g/mol. The van der Waals surface area contributed by atoms with Crippen LogP contribution in [0.2, 0.25) is 0 Å². The minimum Gasteiger partial charge on any atom is -0.301 e. The number of hydrogen-bond acceptors (Lipinski definition) is 6. The maximum absolute atomic E-state index is 12.1. The normalized spacial score (nSPS) is 11.1. The first-order valence-corrected chi connectivity index (χ1v) is 8.52. The zero-order valence-electron chi connectivity index (χ0n) is 11.2. The summed E-state index contributed by atoms with van der Waals surface area (Å²) in [6.07, 6.45) is 1.05. The number of anilines is 2. The van der Waals surface area contributed by atoms with Crippen LogP contribution in [0, 0.1) is 0 Å². The van der Waals surface area contributed by atoms with Gasteiger partial charge in [0.2, 0.25) is 11.0 Å². The quantitative estimate of drug-likeness (QED) is 0.791. The van der Waals surface area contributed by atoms with Crippen molar-refractivity contribution in [3.63, 3.8) is 0 Å². The van der Waals surface area contributed by atoms with Gasteiger partial charge in [0.15, 0.2) is 0 Å². The summed E-state index contributed by atoms with van der Waals surface area (Å²) < 4.78 is 26.4. The van der Waals surface area contributed by atoms with E-state index in [4.69, 9.17) is 0 Å². The van der Waals surface area contributed by atoms with Gasteiger partial charge in [-0.2, -0.15) is 8.42 Å². The predicted molar refractivity (Wildman–Crippen MR) is 80.7 cm³/mol. The van der Waals surface area contributed by atoms with Crippen LogP contribution in [0.5, 0.6) is 0 Å². The fourth-order valence-electron chi connectivity index (χ4n) is 1.48. The summed E-state index contributed by atoms with van der Waals surface area (Å²) in [6.45, 7) is 1.87. The molecule has 9 heteroatoms. The SMILES string of the molecule is CCCC(=O)Nc1nnc(S(=O)(=O)Nc2ccccc2)s1. The van der Waals surface area contributed by atoms with Crippen molar-refractivity contribution in [3.05, 3.63) is 30.3 Å². The van der Waals surface area contributed by atoms with E-state index in [9.17, 15) is 13.2 Å². The van der Waals surface area contributed by atoms with Crippen LogP contribution in [0.4, 0.5) is 10.8 Å². The van der Waals surface area contributed by atoms with Crippen molar-refractivity contribution < 1.29 is 13.2 Å². The number of para-hydroxylation sites is 1. The number of aromatic nitrogens is 2. The fraction of sp³-hybridized carbons (Fsp3) is 0.250. The highest BCUT2D eigenvalue weighted by atomic mass is 32.2. The molecule has 2 aromatic rings. The molecule has 0 radical (unpaired) electrons. The molecule has 0 aliphatic rings. The predicted octanol–water partition coefficient (Wildman–Crippen LogP) is 2.08. The standard InChI is InChI=1S/C12H14N4O3S2/c1-2-6-10(17)13-11-14-15-12(20-11)21(18,19)16-9-7-4-3-5-8-9/h3-5,7-8,16H,2,6H2,1H3,(H,13,14,17). The second-order valence-corrected chi connectivity index (χ2v) is 6.98. The molecule has 2 rings (SSSR count). The third-order valence-electron chi connectivity index (χ3n) is 2.39. The van der Waals surface area contributed by atoms with Crippen LogP contribution >= 0.6 is 11.3 Å². The highest BCUT2D eigenvalue weighted by Gasteiger charge is 2.20. The molecule has 0 saturated carbocycles. The topological polar surface area (TPSA) is 101 Å². The van der Waals surface area contributed by atoms with Crippen LogP contribution in [-0.4, -0.2) is 24.5 Å². The molecule has 7 nitrogen and oxygen atoms in total. The molecule has 1 aromatic carbocycles. The third kappa shape index (κ3) is 4.23. The lowest BCUT2D eigenvalue weighted by Crippen LogP contribution is -2.12. The van der Waals surface area contributed by atoms with Gasteiger partial charge in [-0.25, -0.2) is 0 Å². The minimum atomic E-state index is -3.80. The van der Waals surface area contributed by atoms with E-state index in [0.717, 1.165) is 11.3 Å². The summed E-state index contributed by atoms with van der Waals surface area (Å²) in [4.78, 5) is 11.4. The number of benzene rings is 1. The second kappa shape index (κ2) is 6.64. The first kappa shape index (κ1) is 15.4. The van der Waals surface area contributed by atoms with E-state index in [-0.39, 0.29) is 15.4 Å².